The molecule has 1 rings (SSSR count). The highest BCUT2D eigenvalue weighted by Gasteiger charge is 2.29. The molecular formula is C47H95NO5. The van der Waals surface area contributed by atoms with Gasteiger partial charge in [0, 0.05) is 26.0 Å². The second kappa shape index (κ2) is 45.1. The van der Waals surface area contributed by atoms with E-state index in [1.54, 1.807) is 13.8 Å². The van der Waals surface area contributed by atoms with Crippen LogP contribution < -0.4 is 0 Å². The quantitative estimate of drug-likeness (QED) is 0.0531. The number of ether oxygens (including phenoxy) is 1. The number of unbranched alkanes of at least 4 members (excludes halogenated alkanes) is 16. The molecule has 6 nitrogen and oxygen atoms in total. The van der Waals surface area contributed by atoms with Gasteiger partial charge < -0.3 is 24.3 Å². The summed E-state index contributed by atoms with van der Waals surface area (Å²) in [4.78, 5) is 33.8. The molecule has 1 aliphatic heterocycles. The van der Waals surface area contributed by atoms with Crippen LogP contribution in [0.1, 0.15) is 229 Å². The molecule has 1 aliphatic rings. The van der Waals surface area contributed by atoms with Crippen LogP contribution in [0.3, 0.4) is 0 Å². The van der Waals surface area contributed by atoms with Gasteiger partial charge in [0.1, 0.15) is 11.6 Å². The van der Waals surface area contributed by atoms with E-state index in [0.717, 1.165) is 63.2 Å². The maximum absolute atomic E-state index is 10.9. The van der Waals surface area contributed by atoms with Gasteiger partial charge in [0.25, 0.3) is 6.47 Å². The summed E-state index contributed by atoms with van der Waals surface area (Å²) in [7, 11) is 0. The minimum Gasteiger partial charge on any atom is -0.468 e. The molecule has 1 heterocycles. The van der Waals surface area contributed by atoms with Crippen LogP contribution in [0.15, 0.2) is 0 Å². The fraction of sp³-hybridized carbons (Fsp3) is 0.936. The van der Waals surface area contributed by atoms with Gasteiger partial charge in [0.2, 0.25) is 0 Å². The number of hydrogen-bond donors (Lipinski definition) is 1. The molecule has 0 aromatic heterocycles. The molecule has 53 heavy (non-hydrogen) atoms. The number of carbonyl (C=O) groups is 3. The number of likely N-dealkylation sites (tertiary alicyclic amines) is 1. The lowest BCUT2D eigenvalue weighted by atomic mass is 9.82. The minimum atomic E-state index is 0.268. The van der Waals surface area contributed by atoms with E-state index in [0.29, 0.717) is 43.7 Å². The summed E-state index contributed by atoms with van der Waals surface area (Å²) in [5.74, 6) is 3.70. The van der Waals surface area contributed by atoms with Gasteiger partial charge in [-0.05, 0) is 89.1 Å². The largest absolute Gasteiger partial charge is 0.468 e. The Kier molecular flexibility index (Phi) is 47.7. The summed E-state index contributed by atoms with van der Waals surface area (Å²) in [5.41, 5.74) is 0. The standard InChI is InChI=1S/C18H38.C17H33NO2.C10H18O3.C2H6/c1-4-6-8-10-12-14-16-18(3)17-15-13-11-9-7-5-2;1-14(9-12-19)16(3)17-8-11-18(13-17)10-6-4-5-7-15(2)20;1-10(12)7-5-3-2-4-6-8-13-9-11;1-2/h18H,4-17H2,1-3H3;14,16-17,19H,4-13H2,1-3H3;9H,2-8H2,1H3;1-2H3. The third-order valence-electron chi connectivity index (χ3n) is 11.0. The number of carbonyl (C=O) groups excluding carboxylic acids is 3. The first-order chi connectivity index (χ1) is 25.6. The van der Waals surface area contributed by atoms with Crippen LogP contribution in [0, 0.1) is 23.7 Å². The van der Waals surface area contributed by atoms with E-state index in [1.807, 2.05) is 13.8 Å². The van der Waals surface area contributed by atoms with Crippen LogP contribution in [0.4, 0.5) is 0 Å². The van der Waals surface area contributed by atoms with Gasteiger partial charge in [0.05, 0.1) is 6.61 Å². The highest BCUT2D eigenvalue weighted by atomic mass is 16.5. The van der Waals surface area contributed by atoms with E-state index in [9.17, 15) is 14.4 Å². The van der Waals surface area contributed by atoms with Crippen molar-refractivity contribution >= 4 is 18.0 Å². The average molecular weight is 754 g/mol. The number of rotatable bonds is 33. The Hall–Kier alpha value is -1.27. The van der Waals surface area contributed by atoms with Gasteiger partial charge in [0.15, 0.2) is 0 Å². The first-order valence-corrected chi connectivity index (χ1v) is 23.0. The normalized spacial score (nSPS) is 15.0. The van der Waals surface area contributed by atoms with Crippen LogP contribution in [0.5, 0.6) is 0 Å². The van der Waals surface area contributed by atoms with Crippen LogP contribution in [-0.2, 0) is 19.1 Å². The van der Waals surface area contributed by atoms with Crippen molar-refractivity contribution in [3.8, 4) is 0 Å². The SMILES string of the molecule is CC.CC(=O)CCCCCCCOC=O.CC(=O)CCCCCN1CCC(C(C)C(C)CCO)C1.CCCCCCCCC(C)CCCCCCCC. The summed E-state index contributed by atoms with van der Waals surface area (Å²) in [6.45, 7) is 23.9. The number of aliphatic hydroxyl groups is 1. The molecule has 1 fully saturated rings. The Morgan fingerprint density at radius 2 is 1.13 bits per heavy atom. The number of aliphatic hydroxyl groups excluding tert-OH is 1. The van der Waals surface area contributed by atoms with Crippen molar-refractivity contribution in [2.45, 2.75) is 229 Å². The third kappa shape index (κ3) is 43.3. The Labute approximate surface area is 332 Å². The molecule has 1 saturated heterocycles. The number of Topliss-reactive ketones (excluding diaryl/α,β-unsaturated/α-hetero) is 2. The van der Waals surface area contributed by atoms with Crippen molar-refractivity contribution in [3.05, 3.63) is 0 Å². The first kappa shape index (κ1) is 56.1. The summed E-state index contributed by atoms with van der Waals surface area (Å²) < 4.78 is 4.54. The lowest BCUT2D eigenvalue weighted by Crippen LogP contribution is -2.26. The fourth-order valence-electron chi connectivity index (χ4n) is 7.14. The molecule has 0 aromatic rings. The number of ketones is 2. The van der Waals surface area contributed by atoms with Gasteiger partial charge in [-0.15, -0.1) is 0 Å². The summed E-state index contributed by atoms with van der Waals surface area (Å²) >= 11 is 0. The molecule has 1 N–H and O–H groups in total. The van der Waals surface area contributed by atoms with E-state index in [-0.39, 0.29) is 5.78 Å². The van der Waals surface area contributed by atoms with Gasteiger partial charge >= 0.3 is 0 Å². The zero-order chi connectivity index (χ0) is 40.4. The number of nitrogens with zero attached hydrogens (tertiary/aromatic N) is 1. The Morgan fingerprint density at radius 3 is 1.60 bits per heavy atom. The third-order valence-corrected chi connectivity index (χ3v) is 11.0. The highest BCUT2D eigenvalue weighted by Crippen LogP contribution is 2.30. The molecule has 3 unspecified atom stereocenters. The predicted molar refractivity (Wildman–Crippen MR) is 231 cm³/mol. The molecule has 318 valence electrons. The van der Waals surface area contributed by atoms with E-state index in [2.05, 4.69) is 44.3 Å². The molecule has 0 saturated carbocycles. The van der Waals surface area contributed by atoms with Crippen LogP contribution >= 0.6 is 0 Å². The van der Waals surface area contributed by atoms with Gasteiger partial charge in [-0.25, -0.2) is 0 Å². The van der Waals surface area contributed by atoms with E-state index < -0.39 is 0 Å². The second-order valence-electron chi connectivity index (χ2n) is 16.1. The Bertz CT molecular complexity index is 743. The monoisotopic (exact) mass is 754 g/mol. The van der Waals surface area contributed by atoms with E-state index in [4.69, 9.17) is 5.11 Å². The van der Waals surface area contributed by atoms with Crippen LogP contribution in [0.2, 0.25) is 0 Å². The van der Waals surface area contributed by atoms with Crippen molar-refractivity contribution in [3.63, 3.8) is 0 Å². The second-order valence-corrected chi connectivity index (χ2v) is 16.1. The zero-order valence-corrected chi connectivity index (χ0v) is 37.3. The molecule has 6 heteroatoms. The maximum atomic E-state index is 10.9. The lowest BCUT2D eigenvalue weighted by molar-refractivity contribution is -0.128. The van der Waals surface area contributed by atoms with Crippen molar-refractivity contribution < 1.29 is 24.2 Å². The molecular weight excluding hydrogens is 659 g/mol. The summed E-state index contributed by atoms with van der Waals surface area (Å²) in [6, 6.07) is 0. The molecule has 0 aromatic carbocycles. The number of hydrogen-bond acceptors (Lipinski definition) is 6. The van der Waals surface area contributed by atoms with E-state index >= 15 is 0 Å². The van der Waals surface area contributed by atoms with Crippen molar-refractivity contribution in [1.82, 2.24) is 4.90 Å². The molecule has 3 atom stereocenters. The molecule has 0 radical (unpaired) electrons. The van der Waals surface area contributed by atoms with Gasteiger partial charge in [-0.1, -0.05) is 164 Å². The van der Waals surface area contributed by atoms with Crippen molar-refractivity contribution in [2.75, 3.05) is 32.8 Å². The van der Waals surface area contributed by atoms with E-state index in [1.165, 1.54) is 129 Å². The highest BCUT2D eigenvalue weighted by molar-refractivity contribution is 5.75. The van der Waals surface area contributed by atoms with Gasteiger partial charge in [-0.2, -0.15) is 0 Å². The Balaban J connectivity index is -0.000000706. The van der Waals surface area contributed by atoms with Gasteiger partial charge in [-0.3, -0.25) is 4.79 Å². The minimum absolute atomic E-state index is 0.268. The van der Waals surface area contributed by atoms with Crippen molar-refractivity contribution in [1.29, 1.82) is 0 Å². The molecule has 0 spiro atoms. The summed E-state index contributed by atoms with van der Waals surface area (Å²) in [5, 5.41) is 9.05. The first-order valence-electron chi connectivity index (χ1n) is 23.0. The average Bonchev–Trinajstić information content (AvgIpc) is 3.62. The smallest absolute Gasteiger partial charge is 0.293 e. The summed E-state index contributed by atoms with van der Waals surface area (Å²) in [6.07, 6.45) is 32.7. The van der Waals surface area contributed by atoms with Crippen molar-refractivity contribution in [2.24, 2.45) is 23.7 Å². The fourth-order valence-corrected chi connectivity index (χ4v) is 7.14. The Morgan fingerprint density at radius 1 is 0.679 bits per heavy atom. The zero-order valence-electron chi connectivity index (χ0n) is 37.3. The molecule has 0 amide bonds. The van der Waals surface area contributed by atoms with Crippen LogP contribution in [-0.4, -0.2) is 60.9 Å². The molecule has 0 bridgehead atoms. The topological polar surface area (TPSA) is 83.9 Å². The predicted octanol–water partition coefficient (Wildman–Crippen LogP) is 13.4. The lowest BCUT2D eigenvalue weighted by Gasteiger charge is -2.25. The molecule has 0 aliphatic carbocycles. The maximum Gasteiger partial charge on any atom is 0.293 e. The van der Waals surface area contributed by atoms with Crippen LogP contribution in [0.25, 0.3) is 0 Å².